The highest BCUT2D eigenvalue weighted by atomic mass is 28.4. The molecular weight excluding hydrogens is 212 g/mol. The summed E-state index contributed by atoms with van der Waals surface area (Å²) in [5.74, 6) is 0. The highest BCUT2D eigenvalue weighted by Crippen LogP contribution is 2.01. The normalized spacial score (nSPS) is 17.7. The van der Waals surface area contributed by atoms with Crippen molar-refractivity contribution in [3.8, 4) is 0 Å². The van der Waals surface area contributed by atoms with Gasteiger partial charge in [0, 0.05) is 26.4 Å². The van der Waals surface area contributed by atoms with Crippen molar-refractivity contribution in [1.82, 2.24) is 10.2 Å². The summed E-state index contributed by atoms with van der Waals surface area (Å²) >= 11 is 0. The molecule has 0 saturated carbocycles. The Morgan fingerprint density at radius 2 is 2.07 bits per heavy atom. The van der Waals surface area contributed by atoms with Crippen molar-refractivity contribution >= 4 is 14.3 Å². The van der Waals surface area contributed by atoms with E-state index in [4.69, 9.17) is 9.16 Å². The number of urea groups is 1. The van der Waals surface area contributed by atoms with Gasteiger partial charge in [-0.05, 0) is 13.1 Å². The summed E-state index contributed by atoms with van der Waals surface area (Å²) in [5, 5.41) is 2.91. The van der Waals surface area contributed by atoms with Crippen LogP contribution in [0.25, 0.3) is 0 Å². The van der Waals surface area contributed by atoms with Crippen LogP contribution in [-0.2, 0) is 9.16 Å². The molecule has 1 fully saturated rings. The van der Waals surface area contributed by atoms with Crippen LogP contribution in [0.4, 0.5) is 4.79 Å². The lowest BCUT2D eigenvalue weighted by Crippen LogP contribution is -2.51. The summed E-state index contributed by atoms with van der Waals surface area (Å²) in [7, 11) is 0.00803. The molecule has 0 radical (unpaired) electrons. The molecule has 0 aliphatic carbocycles. The number of ether oxygens (including phenoxy) is 1. The third-order valence-electron chi connectivity index (χ3n) is 2.52. The number of carbonyl (C=O) groups excluding carboxylic acids is 1. The zero-order chi connectivity index (χ0) is 11.3. The van der Waals surface area contributed by atoms with Crippen molar-refractivity contribution in [2.45, 2.75) is 13.1 Å². The molecule has 15 heavy (non-hydrogen) atoms. The fraction of sp³-hybridized carbons (Fsp3) is 0.889. The molecule has 0 aromatic rings. The molecule has 0 atom stereocenters. The number of carbonyl (C=O) groups is 1. The third-order valence-corrected chi connectivity index (χ3v) is 4.65. The Hall–Kier alpha value is -0.593. The first-order valence-electron chi connectivity index (χ1n) is 5.21. The Kier molecular flexibility index (Phi) is 4.56. The lowest BCUT2D eigenvalue weighted by molar-refractivity contribution is 0.0534. The smallest absolute Gasteiger partial charge is 0.317 e. The molecule has 1 aliphatic rings. The van der Waals surface area contributed by atoms with Gasteiger partial charge >= 0.3 is 6.03 Å². The molecule has 0 unspecified atom stereocenters. The van der Waals surface area contributed by atoms with Crippen LogP contribution in [0.2, 0.25) is 13.1 Å². The average Bonchev–Trinajstić information content (AvgIpc) is 2.27. The van der Waals surface area contributed by atoms with Crippen molar-refractivity contribution in [2.24, 2.45) is 0 Å². The van der Waals surface area contributed by atoms with Gasteiger partial charge in [-0.2, -0.15) is 0 Å². The van der Waals surface area contributed by atoms with Crippen LogP contribution >= 0.6 is 0 Å². The van der Waals surface area contributed by atoms with E-state index < -0.39 is 8.32 Å². The molecule has 1 heterocycles. The summed E-state index contributed by atoms with van der Waals surface area (Å²) in [6.07, 6.45) is 0.652. The van der Waals surface area contributed by atoms with Gasteiger partial charge in [-0.25, -0.2) is 4.79 Å². The molecule has 0 spiro atoms. The topological polar surface area (TPSA) is 50.8 Å². The first-order chi connectivity index (χ1) is 7.05. The van der Waals surface area contributed by atoms with Crippen LogP contribution in [-0.4, -0.2) is 58.8 Å². The van der Waals surface area contributed by atoms with E-state index >= 15 is 0 Å². The second-order valence-electron chi connectivity index (χ2n) is 4.22. The Labute approximate surface area is 91.9 Å². The van der Waals surface area contributed by atoms with Crippen LogP contribution in [0.15, 0.2) is 0 Å². The molecule has 0 bridgehead atoms. The Morgan fingerprint density at radius 1 is 1.47 bits per heavy atom. The number of nitrogens with zero attached hydrogens (tertiary/aromatic N) is 1. The quantitative estimate of drug-likeness (QED) is 0.717. The Balaban J connectivity index is 2.28. The monoisotopic (exact) mass is 232 g/mol. The van der Waals surface area contributed by atoms with Gasteiger partial charge in [-0.1, -0.05) is 0 Å². The maximum Gasteiger partial charge on any atom is 0.317 e. The summed E-state index contributed by atoms with van der Waals surface area (Å²) in [6.45, 7) is 6.79. The molecule has 5 nitrogen and oxygen atoms in total. The first-order valence-corrected chi connectivity index (χ1v) is 8.32. The van der Waals surface area contributed by atoms with Crippen molar-refractivity contribution in [2.75, 3.05) is 39.6 Å². The maximum absolute atomic E-state index is 11.7. The minimum absolute atomic E-state index is 0.00377. The van der Waals surface area contributed by atoms with Crippen LogP contribution in [0.3, 0.4) is 0 Å². The summed E-state index contributed by atoms with van der Waals surface area (Å²) in [6, 6.07) is -0.00377. The molecule has 0 aromatic heterocycles. The average molecular weight is 232 g/mol. The zero-order valence-electron chi connectivity index (χ0n) is 9.71. The Bertz CT molecular complexity index is 217. The van der Waals surface area contributed by atoms with Crippen molar-refractivity contribution in [3.05, 3.63) is 0 Å². The van der Waals surface area contributed by atoms with Crippen LogP contribution in [0, 0.1) is 0 Å². The van der Waals surface area contributed by atoms with E-state index in [1.54, 1.807) is 12.0 Å². The summed E-state index contributed by atoms with van der Waals surface area (Å²) < 4.78 is 10.5. The molecule has 1 N–H and O–H groups in total. The number of hydrogen-bond acceptors (Lipinski definition) is 3. The van der Waals surface area contributed by atoms with Crippen molar-refractivity contribution in [1.29, 1.82) is 0 Å². The van der Waals surface area contributed by atoms with Gasteiger partial charge in [0.1, 0.15) is 0 Å². The SMILES string of the molecule is CO[Si](C)(C)CNC(=O)N1CCOCC1. The van der Waals surface area contributed by atoms with Gasteiger partial charge in [-0.3, -0.25) is 0 Å². The largest absolute Gasteiger partial charge is 0.419 e. The van der Waals surface area contributed by atoms with Gasteiger partial charge < -0.3 is 19.4 Å². The lowest BCUT2D eigenvalue weighted by Gasteiger charge is -2.28. The predicted molar refractivity (Wildman–Crippen MR) is 60.3 cm³/mol. The first kappa shape index (κ1) is 12.5. The minimum Gasteiger partial charge on any atom is -0.419 e. The molecule has 6 heteroatoms. The van der Waals surface area contributed by atoms with E-state index in [1.165, 1.54) is 0 Å². The minimum atomic E-state index is -1.69. The number of hydrogen-bond donors (Lipinski definition) is 1. The molecule has 1 rings (SSSR count). The van der Waals surface area contributed by atoms with Gasteiger partial charge in [0.05, 0.1) is 13.2 Å². The molecule has 88 valence electrons. The lowest BCUT2D eigenvalue weighted by atomic mass is 10.4. The fourth-order valence-electron chi connectivity index (χ4n) is 1.24. The van der Waals surface area contributed by atoms with Gasteiger partial charge in [-0.15, -0.1) is 0 Å². The van der Waals surface area contributed by atoms with Crippen molar-refractivity contribution in [3.63, 3.8) is 0 Å². The fourth-order valence-corrected chi connectivity index (χ4v) is 1.96. The zero-order valence-corrected chi connectivity index (χ0v) is 10.7. The van der Waals surface area contributed by atoms with Crippen LogP contribution in [0.1, 0.15) is 0 Å². The van der Waals surface area contributed by atoms with E-state index in [1.807, 2.05) is 0 Å². The number of rotatable bonds is 3. The number of amides is 2. The maximum atomic E-state index is 11.7. The molecule has 2 amide bonds. The van der Waals surface area contributed by atoms with Crippen LogP contribution in [0.5, 0.6) is 0 Å². The summed E-state index contributed by atoms with van der Waals surface area (Å²) in [5.41, 5.74) is 0. The van der Waals surface area contributed by atoms with Crippen molar-refractivity contribution < 1.29 is 14.0 Å². The predicted octanol–water partition coefficient (Wildman–Crippen LogP) is 0.419. The highest BCUT2D eigenvalue weighted by molar-refractivity contribution is 6.71. The van der Waals surface area contributed by atoms with Crippen LogP contribution < -0.4 is 5.32 Å². The number of morpholine rings is 1. The highest BCUT2D eigenvalue weighted by Gasteiger charge is 2.23. The molecule has 0 aromatic carbocycles. The van der Waals surface area contributed by atoms with Gasteiger partial charge in [0.25, 0.3) is 0 Å². The molecule has 1 aliphatic heterocycles. The van der Waals surface area contributed by atoms with E-state index in [0.717, 1.165) is 0 Å². The molecular formula is C9H20N2O3Si. The van der Waals surface area contributed by atoms with E-state index in [2.05, 4.69) is 18.4 Å². The second-order valence-corrected chi connectivity index (χ2v) is 8.50. The number of nitrogens with one attached hydrogen (secondary N) is 1. The second kappa shape index (κ2) is 5.48. The standard InChI is InChI=1S/C9H20N2O3Si/c1-13-15(2,3)8-10-9(12)11-4-6-14-7-5-11/h4-8H2,1-3H3,(H,10,12). The molecule has 1 saturated heterocycles. The Morgan fingerprint density at radius 3 is 2.60 bits per heavy atom. The van der Waals surface area contributed by atoms with E-state index in [9.17, 15) is 4.79 Å². The van der Waals surface area contributed by atoms with E-state index in [0.29, 0.717) is 32.5 Å². The van der Waals surface area contributed by atoms with Gasteiger partial charge in [0.15, 0.2) is 0 Å². The van der Waals surface area contributed by atoms with Gasteiger partial charge in [0.2, 0.25) is 8.32 Å². The third kappa shape index (κ3) is 4.19. The summed E-state index contributed by atoms with van der Waals surface area (Å²) in [4.78, 5) is 13.5. The van der Waals surface area contributed by atoms with E-state index in [-0.39, 0.29) is 6.03 Å².